The summed E-state index contributed by atoms with van der Waals surface area (Å²) < 4.78 is 0. The molecule has 2 amide bonds. The molecule has 8 heteroatoms. The number of hydrogen-bond donors (Lipinski definition) is 2. The van der Waals surface area contributed by atoms with Gasteiger partial charge in [-0.25, -0.2) is 0 Å². The number of anilines is 2. The molecule has 1 aliphatic rings. The van der Waals surface area contributed by atoms with Crippen molar-refractivity contribution in [3.8, 4) is 0 Å². The highest BCUT2D eigenvalue weighted by Gasteiger charge is 2.23. The molecule has 2 N–H and O–H groups in total. The smallest absolute Gasteiger partial charge is 0.273 e. The number of amides is 2. The first-order valence-electron chi connectivity index (χ1n) is 12.1. The van der Waals surface area contributed by atoms with Crippen LogP contribution in [0.1, 0.15) is 57.7 Å². The van der Waals surface area contributed by atoms with Crippen molar-refractivity contribution in [2.45, 2.75) is 46.2 Å². The fourth-order valence-corrected chi connectivity index (χ4v) is 4.33. The van der Waals surface area contributed by atoms with Crippen molar-refractivity contribution in [1.82, 2.24) is 5.32 Å². The highest BCUT2D eigenvalue weighted by atomic mass is 16.6. The van der Waals surface area contributed by atoms with Crippen molar-refractivity contribution >= 4 is 28.9 Å². The van der Waals surface area contributed by atoms with E-state index in [1.165, 1.54) is 17.2 Å². The second kappa shape index (κ2) is 10.6. The van der Waals surface area contributed by atoms with Crippen molar-refractivity contribution < 1.29 is 14.5 Å². The molecule has 4 rings (SSSR count). The summed E-state index contributed by atoms with van der Waals surface area (Å²) in [7, 11) is 0. The molecule has 0 saturated carbocycles. The van der Waals surface area contributed by atoms with Gasteiger partial charge in [-0.05, 0) is 62.1 Å². The third-order valence-corrected chi connectivity index (χ3v) is 6.63. The standard InChI is InChI=1S/C28H30N4O4/c1-4-19(3)29-28(34)24-16-23(30-27(33)21-10-9-18(2)26(15-21)32(35)36)11-12-25(24)31-14-13-20-7-5-6-8-22(20)17-31/h5-12,15-16,19H,4,13-14,17H2,1-3H3,(H,29,34)(H,30,33). The van der Waals surface area contributed by atoms with Crippen LogP contribution in [0.4, 0.5) is 17.1 Å². The lowest BCUT2D eigenvalue weighted by Crippen LogP contribution is -2.35. The number of benzene rings is 3. The fraction of sp³-hybridized carbons (Fsp3) is 0.286. The molecule has 1 unspecified atom stereocenters. The van der Waals surface area contributed by atoms with Gasteiger partial charge in [-0.3, -0.25) is 19.7 Å². The molecular formula is C28H30N4O4. The van der Waals surface area contributed by atoms with E-state index < -0.39 is 10.8 Å². The Morgan fingerprint density at radius 2 is 1.81 bits per heavy atom. The van der Waals surface area contributed by atoms with Gasteiger partial charge in [-0.1, -0.05) is 37.3 Å². The minimum atomic E-state index is -0.505. The largest absolute Gasteiger partial charge is 0.366 e. The molecule has 186 valence electrons. The summed E-state index contributed by atoms with van der Waals surface area (Å²) in [5.41, 5.74) is 4.81. The van der Waals surface area contributed by atoms with E-state index in [4.69, 9.17) is 0 Å². The van der Waals surface area contributed by atoms with E-state index in [2.05, 4.69) is 27.7 Å². The number of carbonyl (C=O) groups excluding carboxylic acids is 2. The van der Waals surface area contributed by atoms with Crippen LogP contribution in [0.5, 0.6) is 0 Å². The predicted molar refractivity (Wildman–Crippen MR) is 141 cm³/mol. The fourth-order valence-electron chi connectivity index (χ4n) is 4.33. The zero-order valence-corrected chi connectivity index (χ0v) is 20.7. The Hall–Kier alpha value is -4.20. The topological polar surface area (TPSA) is 105 Å². The minimum Gasteiger partial charge on any atom is -0.366 e. The Morgan fingerprint density at radius 1 is 1.06 bits per heavy atom. The van der Waals surface area contributed by atoms with E-state index in [-0.39, 0.29) is 23.2 Å². The molecule has 3 aromatic carbocycles. The van der Waals surface area contributed by atoms with Crippen LogP contribution < -0.4 is 15.5 Å². The summed E-state index contributed by atoms with van der Waals surface area (Å²) in [6.07, 6.45) is 1.67. The van der Waals surface area contributed by atoms with Crippen LogP contribution >= 0.6 is 0 Å². The van der Waals surface area contributed by atoms with Crippen LogP contribution in [0.15, 0.2) is 60.7 Å². The van der Waals surface area contributed by atoms with Crippen LogP contribution in [0.2, 0.25) is 0 Å². The van der Waals surface area contributed by atoms with Gasteiger partial charge in [0, 0.05) is 47.7 Å². The molecule has 0 bridgehead atoms. The molecular weight excluding hydrogens is 456 g/mol. The second-order valence-corrected chi connectivity index (χ2v) is 9.17. The molecule has 0 spiro atoms. The monoisotopic (exact) mass is 486 g/mol. The van der Waals surface area contributed by atoms with Gasteiger partial charge in [-0.2, -0.15) is 0 Å². The Bertz CT molecular complexity index is 1320. The van der Waals surface area contributed by atoms with Crippen LogP contribution in [0.25, 0.3) is 0 Å². The molecule has 0 fully saturated rings. The van der Waals surface area contributed by atoms with Crippen molar-refractivity contribution in [2.24, 2.45) is 0 Å². The normalized spacial score (nSPS) is 13.5. The van der Waals surface area contributed by atoms with Gasteiger partial charge >= 0.3 is 0 Å². The van der Waals surface area contributed by atoms with Crippen LogP contribution in [0.3, 0.4) is 0 Å². The van der Waals surface area contributed by atoms with E-state index in [9.17, 15) is 19.7 Å². The SMILES string of the molecule is CCC(C)NC(=O)c1cc(NC(=O)c2ccc(C)c([N+](=O)[O-])c2)ccc1N1CCc2ccccc2C1. The van der Waals surface area contributed by atoms with Crippen LogP contribution in [0, 0.1) is 17.0 Å². The van der Waals surface area contributed by atoms with Gasteiger partial charge in [0.15, 0.2) is 0 Å². The molecule has 8 nitrogen and oxygen atoms in total. The zero-order chi connectivity index (χ0) is 25.8. The lowest BCUT2D eigenvalue weighted by Gasteiger charge is -2.32. The maximum atomic E-state index is 13.3. The summed E-state index contributed by atoms with van der Waals surface area (Å²) in [6, 6.07) is 18.0. The number of nitrogens with zero attached hydrogens (tertiary/aromatic N) is 2. The van der Waals surface area contributed by atoms with Gasteiger partial charge in [0.2, 0.25) is 0 Å². The molecule has 1 aliphatic heterocycles. The lowest BCUT2D eigenvalue weighted by molar-refractivity contribution is -0.385. The molecule has 1 atom stereocenters. The number of fused-ring (bicyclic) bond motifs is 1. The highest BCUT2D eigenvalue weighted by Crippen LogP contribution is 2.30. The Kier molecular flexibility index (Phi) is 7.33. The zero-order valence-electron chi connectivity index (χ0n) is 20.7. The second-order valence-electron chi connectivity index (χ2n) is 9.17. The third kappa shape index (κ3) is 5.38. The molecule has 1 heterocycles. The van der Waals surface area contributed by atoms with Gasteiger partial charge < -0.3 is 15.5 Å². The van der Waals surface area contributed by atoms with Gasteiger partial charge in [0.25, 0.3) is 17.5 Å². The number of carbonyl (C=O) groups is 2. The van der Waals surface area contributed by atoms with Gasteiger partial charge in [0.1, 0.15) is 0 Å². The average Bonchev–Trinajstić information content (AvgIpc) is 2.88. The van der Waals surface area contributed by atoms with Crippen LogP contribution in [-0.4, -0.2) is 29.3 Å². The molecule has 0 aromatic heterocycles. The minimum absolute atomic E-state index is 0.00112. The molecule has 3 aromatic rings. The van der Waals surface area contributed by atoms with Crippen molar-refractivity contribution in [1.29, 1.82) is 0 Å². The summed E-state index contributed by atoms with van der Waals surface area (Å²) >= 11 is 0. The van der Waals surface area contributed by atoms with Crippen molar-refractivity contribution in [3.63, 3.8) is 0 Å². The lowest BCUT2D eigenvalue weighted by atomic mass is 9.98. The van der Waals surface area contributed by atoms with E-state index in [0.717, 1.165) is 25.1 Å². The Labute approximate surface area is 210 Å². The number of nitro groups is 1. The number of hydrogen-bond acceptors (Lipinski definition) is 5. The first-order chi connectivity index (χ1) is 17.3. The number of rotatable bonds is 7. The van der Waals surface area contributed by atoms with Crippen LogP contribution in [-0.2, 0) is 13.0 Å². The van der Waals surface area contributed by atoms with Crippen molar-refractivity contribution in [2.75, 3.05) is 16.8 Å². The first kappa shape index (κ1) is 24.9. The molecule has 36 heavy (non-hydrogen) atoms. The highest BCUT2D eigenvalue weighted by molar-refractivity contribution is 6.06. The van der Waals surface area contributed by atoms with E-state index >= 15 is 0 Å². The molecule has 0 radical (unpaired) electrons. The number of nitrogens with one attached hydrogen (secondary N) is 2. The number of nitro benzene ring substituents is 1. The van der Waals surface area contributed by atoms with Crippen molar-refractivity contribution in [3.05, 3.63) is 98.6 Å². The van der Waals surface area contributed by atoms with E-state index in [1.807, 2.05) is 32.0 Å². The summed E-state index contributed by atoms with van der Waals surface area (Å²) in [5, 5.41) is 17.1. The van der Waals surface area contributed by atoms with E-state index in [0.29, 0.717) is 23.4 Å². The summed E-state index contributed by atoms with van der Waals surface area (Å²) in [5.74, 6) is -0.689. The Balaban J connectivity index is 1.64. The Morgan fingerprint density at radius 3 is 2.53 bits per heavy atom. The van der Waals surface area contributed by atoms with Gasteiger partial charge in [0.05, 0.1) is 10.5 Å². The summed E-state index contributed by atoms with van der Waals surface area (Å²) in [4.78, 5) is 39.1. The quantitative estimate of drug-likeness (QED) is 0.351. The maximum absolute atomic E-state index is 13.3. The maximum Gasteiger partial charge on any atom is 0.273 e. The number of aryl methyl sites for hydroxylation is 1. The van der Waals surface area contributed by atoms with E-state index in [1.54, 1.807) is 31.2 Å². The molecule has 0 aliphatic carbocycles. The third-order valence-electron chi connectivity index (χ3n) is 6.63. The molecule has 0 saturated heterocycles. The summed E-state index contributed by atoms with van der Waals surface area (Å²) in [6.45, 7) is 7.05. The first-order valence-corrected chi connectivity index (χ1v) is 12.1. The average molecular weight is 487 g/mol. The van der Waals surface area contributed by atoms with Gasteiger partial charge in [-0.15, -0.1) is 0 Å². The predicted octanol–water partition coefficient (Wildman–Crippen LogP) is 5.25.